The quantitative estimate of drug-likeness (QED) is 0.730. The van der Waals surface area contributed by atoms with Gasteiger partial charge in [0.1, 0.15) is 5.82 Å². The molecule has 1 rings (SSSR count). The van der Waals surface area contributed by atoms with Gasteiger partial charge in [0, 0.05) is 7.11 Å². The van der Waals surface area contributed by atoms with Gasteiger partial charge in [-0.1, -0.05) is 6.92 Å². The van der Waals surface area contributed by atoms with Crippen LogP contribution in [0.3, 0.4) is 0 Å². The Morgan fingerprint density at radius 2 is 2.31 bits per heavy atom. The smallest absolute Gasteiger partial charge is 0.269 e. The van der Waals surface area contributed by atoms with Gasteiger partial charge in [-0.25, -0.2) is 0 Å². The molecule has 0 fully saturated rings. The summed E-state index contributed by atoms with van der Waals surface area (Å²) < 4.78 is 5.04. The number of ether oxygens (including phenoxy) is 1. The first-order valence-corrected chi connectivity index (χ1v) is 5.06. The number of nitrogens with one attached hydrogen (secondary N) is 1. The van der Waals surface area contributed by atoms with Gasteiger partial charge in [-0.05, 0) is 18.6 Å². The lowest BCUT2D eigenvalue weighted by molar-refractivity contribution is 0.0994. The highest BCUT2D eigenvalue weighted by Crippen LogP contribution is 2.05. The van der Waals surface area contributed by atoms with E-state index in [4.69, 9.17) is 10.5 Å². The molecule has 0 saturated heterocycles. The highest BCUT2D eigenvalue weighted by Gasteiger charge is 2.07. The van der Waals surface area contributed by atoms with Crippen LogP contribution in [0.2, 0.25) is 0 Å². The van der Waals surface area contributed by atoms with Crippen LogP contribution in [-0.4, -0.2) is 35.9 Å². The van der Waals surface area contributed by atoms with Crippen LogP contribution in [0, 0.1) is 0 Å². The molecule has 0 aromatic carbocycles. The van der Waals surface area contributed by atoms with Crippen LogP contribution in [-0.2, 0) is 4.74 Å². The maximum Gasteiger partial charge on any atom is 0.269 e. The van der Waals surface area contributed by atoms with Gasteiger partial charge in [-0.2, -0.15) is 0 Å². The van der Waals surface area contributed by atoms with Gasteiger partial charge in [0.25, 0.3) is 5.91 Å². The van der Waals surface area contributed by atoms with E-state index in [1.807, 2.05) is 6.92 Å². The number of methoxy groups -OCH3 is 1. The first-order valence-electron chi connectivity index (χ1n) is 5.06. The van der Waals surface area contributed by atoms with Crippen LogP contribution in [0.1, 0.15) is 23.8 Å². The van der Waals surface area contributed by atoms with E-state index in [-0.39, 0.29) is 11.7 Å². The normalized spacial score (nSPS) is 12.1. The summed E-state index contributed by atoms with van der Waals surface area (Å²) in [4.78, 5) is 10.8. The number of anilines is 1. The van der Waals surface area contributed by atoms with Gasteiger partial charge in [-0.15, -0.1) is 10.2 Å². The summed E-state index contributed by atoms with van der Waals surface area (Å²) in [7, 11) is 1.65. The average Bonchev–Trinajstić information content (AvgIpc) is 2.29. The third kappa shape index (κ3) is 3.47. The van der Waals surface area contributed by atoms with Gasteiger partial charge in [0.05, 0.1) is 12.6 Å². The van der Waals surface area contributed by atoms with Crippen molar-refractivity contribution in [1.82, 2.24) is 10.2 Å². The topological polar surface area (TPSA) is 90.1 Å². The molecule has 1 aromatic heterocycles. The molecule has 0 spiro atoms. The molecule has 3 N–H and O–H groups in total. The van der Waals surface area contributed by atoms with E-state index in [0.717, 1.165) is 6.42 Å². The molecule has 0 aliphatic rings. The summed E-state index contributed by atoms with van der Waals surface area (Å²) in [6.07, 6.45) is 0.910. The zero-order valence-electron chi connectivity index (χ0n) is 9.43. The largest absolute Gasteiger partial charge is 0.383 e. The van der Waals surface area contributed by atoms with Crippen LogP contribution in [0.5, 0.6) is 0 Å². The van der Waals surface area contributed by atoms with Crippen molar-refractivity contribution in [2.24, 2.45) is 5.73 Å². The van der Waals surface area contributed by atoms with Crippen LogP contribution in [0.4, 0.5) is 5.82 Å². The number of hydrogen-bond donors (Lipinski definition) is 2. The van der Waals surface area contributed by atoms with Crippen molar-refractivity contribution in [2.45, 2.75) is 19.4 Å². The third-order valence-corrected chi connectivity index (χ3v) is 2.13. The molecule has 1 heterocycles. The Balaban J connectivity index is 2.63. The highest BCUT2D eigenvalue weighted by molar-refractivity contribution is 5.90. The van der Waals surface area contributed by atoms with Crippen molar-refractivity contribution in [3.63, 3.8) is 0 Å². The SMILES string of the molecule is CCC(COC)Nc1ccc(C(N)=O)nn1. The highest BCUT2D eigenvalue weighted by atomic mass is 16.5. The third-order valence-electron chi connectivity index (χ3n) is 2.13. The van der Waals surface area contributed by atoms with Crippen LogP contribution in [0.25, 0.3) is 0 Å². The Morgan fingerprint density at radius 1 is 1.56 bits per heavy atom. The van der Waals surface area contributed by atoms with E-state index in [1.165, 1.54) is 6.07 Å². The van der Waals surface area contributed by atoms with E-state index in [9.17, 15) is 4.79 Å². The van der Waals surface area contributed by atoms with Crippen LogP contribution in [0.15, 0.2) is 12.1 Å². The number of amides is 1. The Morgan fingerprint density at radius 3 is 2.75 bits per heavy atom. The van der Waals surface area contributed by atoms with E-state index < -0.39 is 5.91 Å². The molecule has 0 aliphatic carbocycles. The Bertz CT molecular complexity index is 339. The van der Waals surface area contributed by atoms with Crippen molar-refractivity contribution >= 4 is 11.7 Å². The summed E-state index contributed by atoms with van der Waals surface area (Å²) in [5.74, 6) is 0.0249. The fraction of sp³-hybridized carbons (Fsp3) is 0.500. The first-order chi connectivity index (χ1) is 7.67. The number of carbonyl (C=O) groups excluding carboxylic acids is 1. The van der Waals surface area contributed by atoms with Crippen LogP contribution < -0.4 is 11.1 Å². The Kier molecular flexibility index (Phi) is 4.65. The predicted molar refractivity (Wildman–Crippen MR) is 60.1 cm³/mol. The van der Waals surface area contributed by atoms with Gasteiger partial charge in [-0.3, -0.25) is 4.79 Å². The lowest BCUT2D eigenvalue weighted by Crippen LogP contribution is -2.25. The van der Waals surface area contributed by atoms with E-state index in [0.29, 0.717) is 12.4 Å². The molecule has 1 unspecified atom stereocenters. The minimum Gasteiger partial charge on any atom is -0.383 e. The molecule has 1 amide bonds. The number of hydrogen-bond acceptors (Lipinski definition) is 5. The molecule has 6 heteroatoms. The van der Waals surface area contributed by atoms with Gasteiger partial charge in [0.15, 0.2) is 5.69 Å². The zero-order valence-corrected chi connectivity index (χ0v) is 9.43. The second-order valence-electron chi connectivity index (χ2n) is 3.37. The lowest BCUT2D eigenvalue weighted by atomic mass is 10.2. The predicted octanol–water partition coefficient (Wildman–Crippen LogP) is 0.412. The number of nitrogens with two attached hydrogens (primary N) is 1. The molecular formula is C10H16N4O2. The molecule has 0 bridgehead atoms. The maximum absolute atomic E-state index is 10.8. The van der Waals surface area contributed by atoms with E-state index in [1.54, 1.807) is 13.2 Å². The fourth-order valence-corrected chi connectivity index (χ4v) is 1.21. The molecule has 0 aliphatic heterocycles. The second-order valence-corrected chi connectivity index (χ2v) is 3.37. The van der Waals surface area contributed by atoms with Crippen molar-refractivity contribution in [2.75, 3.05) is 19.0 Å². The summed E-state index contributed by atoms with van der Waals surface area (Å²) in [6.45, 7) is 2.64. The summed E-state index contributed by atoms with van der Waals surface area (Å²) in [6, 6.07) is 3.39. The van der Waals surface area contributed by atoms with Crippen LogP contribution >= 0.6 is 0 Å². The molecule has 0 saturated carbocycles. The van der Waals surface area contributed by atoms with Crippen molar-refractivity contribution in [3.05, 3.63) is 17.8 Å². The molecule has 0 radical (unpaired) electrons. The Hall–Kier alpha value is -1.69. The van der Waals surface area contributed by atoms with Crippen molar-refractivity contribution < 1.29 is 9.53 Å². The van der Waals surface area contributed by atoms with Gasteiger partial charge in [0.2, 0.25) is 0 Å². The first kappa shape index (κ1) is 12.4. The number of aromatic nitrogens is 2. The second kappa shape index (κ2) is 6.02. The number of nitrogens with zero attached hydrogens (tertiary/aromatic N) is 2. The van der Waals surface area contributed by atoms with Crippen molar-refractivity contribution in [1.29, 1.82) is 0 Å². The summed E-state index contributed by atoms with van der Waals surface area (Å²) >= 11 is 0. The summed E-state index contributed by atoms with van der Waals surface area (Å²) in [5, 5.41) is 10.7. The summed E-state index contributed by atoms with van der Waals surface area (Å²) in [5.41, 5.74) is 5.21. The number of primary amides is 1. The molecule has 6 nitrogen and oxygen atoms in total. The van der Waals surface area contributed by atoms with Gasteiger partial charge < -0.3 is 15.8 Å². The maximum atomic E-state index is 10.8. The lowest BCUT2D eigenvalue weighted by Gasteiger charge is -2.15. The van der Waals surface area contributed by atoms with Gasteiger partial charge >= 0.3 is 0 Å². The van der Waals surface area contributed by atoms with Crippen molar-refractivity contribution in [3.8, 4) is 0 Å². The molecule has 1 aromatic rings. The Labute approximate surface area is 94.2 Å². The minimum absolute atomic E-state index is 0.158. The number of carbonyl (C=O) groups is 1. The standard InChI is InChI=1S/C10H16N4O2/c1-3-7(6-16-2)12-9-5-4-8(10(11)15)13-14-9/h4-5,7H,3,6H2,1-2H3,(H2,11,15)(H,12,14). The molecule has 1 atom stereocenters. The molecular weight excluding hydrogens is 208 g/mol. The zero-order chi connectivity index (χ0) is 12.0. The van der Waals surface area contributed by atoms with E-state index in [2.05, 4.69) is 15.5 Å². The minimum atomic E-state index is -0.581. The molecule has 88 valence electrons. The molecule has 16 heavy (non-hydrogen) atoms. The monoisotopic (exact) mass is 224 g/mol. The average molecular weight is 224 g/mol. The fourth-order valence-electron chi connectivity index (χ4n) is 1.21. The van der Waals surface area contributed by atoms with E-state index >= 15 is 0 Å². The number of rotatable bonds is 6.